The minimum Gasteiger partial charge on any atom is -0.481 e. The van der Waals surface area contributed by atoms with Gasteiger partial charge in [0.15, 0.2) is 6.10 Å². The van der Waals surface area contributed by atoms with E-state index >= 15 is 0 Å². The summed E-state index contributed by atoms with van der Waals surface area (Å²) in [6.07, 6.45) is 4.65. The monoisotopic (exact) mass is 430 g/mol. The van der Waals surface area contributed by atoms with E-state index in [9.17, 15) is 9.59 Å². The zero-order valence-corrected chi connectivity index (χ0v) is 18.1. The van der Waals surface area contributed by atoms with Crippen molar-refractivity contribution in [3.63, 3.8) is 0 Å². The maximum atomic E-state index is 12.9. The van der Waals surface area contributed by atoms with Crippen LogP contribution in [0.5, 0.6) is 5.75 Å². The van der Waals surface area contributed by atoms with Gasteiger partial charge in [0.25, 0.3) is 5.91 Å². The third-order valence-electron chi connectivity index (χ3n) is 5.78. The molecule has 1 aliphatic heterocycles. The number of hydrogen-bond donors (Lipinski definition) is 1. The van der Waals surface area contributed by atoms with Crippen molar-refractivity contribution in [2.24, 2.45) is 5.92 Å². The fourth-order valence-corrected chi connectivity index (χ4v) is 4.08. The first kappa shape index (κ1) is 20.7. The Morgan fingerprint density at radius 3 is 2.60 bits per heavy atom. The molecule has 1 aliphatic carbocycles. The molecule has 0 unspecified atom stereocenters. The Labute approximate surface area is 181 Å². The molecule has 0 radical (unpaired) electrons. The van der Waals surface area contributed by atoms with E-state index in [2.05, 4.69) is 10.4 Å². The van der Waals surface area contributed by atoms with Gasteiger partial charge in [-0.1, -0.05) is 11.6 Å². The average Bonchev–Trinajstić information content (AvgIpc) is 3.49. The summed E-state index contributed by atoms with van der Waals surface area (Å²) in [5, 5.41) is 8.05. The highest BCUT2D eigenvalue weighted by molar-refractivity contribution is 6.30. The first-order chi connectivity index (χ1) is 14.4. The molecule has 2 fully saturated rings. The number of ether oxygens (including phenoxy) is 1. The number of hydrogen-bond acceptors (Lipinski definition) is 4. The lowest BCUT2D eigenvalue weighted by Gasteiger charge is -2.34. The van der Waals surface area contributed by atoms with Gasteiger partial charge < -0.3 is 15.0 Å². The average molecular weight is 431 g/mol. The summed E-state index contributed by atoms with van der Waals surface area (Å²) in [4.78, 5) is 26.8. The summed E-state index contributed by atoms with van der Waals surface area (Å²) in [5.41, 5.74) is 0.903. The number of halogens is 1. The zero-order valence-electron chi connectivity index (χ0n) is 17.3. The van der Waals surface area contributed by atoms with Crippen LogP contribution in [0.1, 0.15) is 44.2 Å². The van der Waals surface area contributed by atoms with Crippen LogP contribution in [0, 0.1) is 12.8 Å². The summed E-state index contributed by atoms with van der Waals surface area (Å²) in [7, 11) is 0. The highest BCUT2D eigenvalue weighted by atomic mass is 35.5. The van der Waals surface area contributed by atoms with Crippen LogP contribution < -0.4 is 10.1 Å². The molecule has 1 aromatic heterocycles. The predicted molar refractivity (Wildman–Crippen MR) is 115 cm³/mol. The molecule has 1 atom stereocenters. The lowest BCUT2D eigenvalue weighted by molar-refractivity contribution is -0.139. The molecule has 4 rings (SSSR count). The van der Waals surface area contributed by atoms with Crippen LogP contribution in [-0.4, -0.2) is 45.7 Å². The van der Waals surface area contributed by atoms with E-state index in [0.29, 0.717) is 23.9 Å². The molecule has 2 amide bonds. The summed E-state index contributed by atoms with van der Waals surface area (Å²) < 4.78 is 7.78. The Bertz CT molecular complexity index is 932. The van der Waals surface area contributed by atoms with Crippen molar-refractivity contribution < 1.29 is 14.3 Å². The number of carbonyl (C=O) groups is 2. The number of amides is 2. The van der Waals surface area contributed by atoms with E-state index in [1.54, 1.807) is 25.3 Å². The number of aryl methyl sites for hydroxylation is 1. The number of nitrogens with one attached hydrogen (secondary N) is 1. The quantitative estimate of drug-likeness (QED) is 0.755. The minimum absolute atomic E-state index is 0.0227. The van der Waals surface area contributed by atoms with Crippen LogP contribution in [0.3, 0.4) is 0 Å². The van der Waals surface area contributed by atoms with Gasteiger partial charge in [-0.15, -0.1) is 0 Å². The van der Waals surface area contributed by atoms with Crippen molar-refractivity contribution in [1.82, 2.24) is 14.7 Å². The zero-order chi connectivity index (χ0) is 21.3. The number of aromatic nitrogens is 2. The van der Waals surface area contributed by atoms with Gasteiger partial charge in [0.1, 0.15) is 11.6 Å². The van der Waals surface area contributed by atoms with Gasteiger partial charge in [-0.25, -0.2) is 4.68 Å². The van der Waals surface area contributed by atoms with Gasteiger partial charge in [-0.2, -0.15) is 5.10 Å². The third-order valence-corrected chi connectivity index (χ3v) is 6.02. The topological polar surface area (TPSA) is 76.5 Å². The van der Waals surface area contributed by atoms with Crippen molar-refractivity contribution in [2.45, 2.75) is 51.7 Å². The third kappa shape index (κ3) is 4.61. The molecule has 1 aromatic carbocycles. The summed E-state index contributed by atoms with van der Waals surface area (Å²) >= 11 is 5.99. The lowest BCUT2D eigenvalue weighted by atomic mass is 10.0. The van der Waals surface area contributed by atoms with E-state index in [0.717, 1.165) is 37.1 Å². The summed E-state index contributed by atoms with van der Waals surface area (Å²) in [5.74, 6) is 1.62. The van der Waals surface area contributed by atoms with E-state index in [4.69, 9.17) is 16.3 Å². The Kier molecular flexibility index (Phi) is 5.99. The van der Waals surface area contributed by atoms with Gasteiger partial charge in [-0.05, 0) is 63.3 Å². The molecular formula is C22H27ClN4O3. The largest absolute Gasteiger partial charge is 0.481 e. The minimum atomic E-state index is -0.570. The molecule has 1 saturated heterocycles. The van der Waals surface area contributed by atoms with Crippen molar-refractivity contribution >= 4 is 29.2 Å². The molecule has 160 valence electrons. The van der Waals surface area contributed by atoms with Crippen LogP contribution in [0.15, 0.2) is 30.5 Å². The van der Waals surface area contributed by atoms with Gasteiger partial charge in [0.2, 0.25) is 5.91 Å². The first-order valence-corrected chi connectivity index (χ1v) is 10.9. The van der Waals surface area contributed by atoms with Crippen molar-refractivity contribution in [1.29, 1.82) is 0 Å². The van der Waals surface area contributed by atoms with Crippen LogP contribution in [0.25, 0.3) is 0 Å². The summed E-state index contributed by atoms with van der Waals surface area (Å²) in [6, 6.07) is 7.37. The van der Waals surface area contributed by atoms with Crippen molar-refractivity contribution in [2.75, 3.05) is 18.4 Å². The number of rotatable bonds is 6. The second-order valence-electron chi connectivity index (χ2n) is 8.15. The highest BCUT2D eigenvalue weighted by Gasteiger charge is 2.32. The standard InChI is InChI=1S/C22H27ClN4O3/c1-14-13-17(23)5-6-19(14)30-15(2)22(29)26-11-8-18(9-12-26)27-20(7-10-24-27)25-21(28)16-3-4-16/h5-7,10,13,15-16,18H,3-4,8-9,11-12H2,1-2H3,(H,25,28)/t15-/m1/s1. The second-order valence-corrected chi connectivity index (χ2v) is 8.59. The van der Waals surface area contributed by atoms with Crippen LogP contribution in [0.4, 0.5) is 5.82 Å². The molecule has 8 heteroatoms. The fourth-order valence-electron chi connectivity index (χ4n) is 3.85. The molecule has 7 nitrogen and oxygen atoms in total. The van der Waals surface area contributed by atoms with Gasteiger partial charge in [0.05, 0.1) is 12.2 Å². The Hall–Kier alpha value is -2.54. The fraction of sp³-hybridized carbons (Fsp3) is 0.500. The Morgan fingerprint density at radius 2 is 1.93 bits per heavy atom. The van der Waals surface area contributed by atoms with E-state index in [1.807, 2.05) is 28.6 Å². The van der Waals surface area contributed by atoms with Gasteiger partial charge in [-0.3, -0.25) is 9.59 Å². The van der Waals surface area contributed by atoms with Crippen molar-refractivity contribution in [3.8, 4) is 5.75 Å². The molecular weight excluding hydrogens is 404 g/mol. The molecule has 0 spiro atoms. The van der Waals surface area contributed by atoms with E-state index < -0.39 is 6.10 Å². The maximum absolute atomic E-state index is 12.9. The SMILES string of the molecule is Cc1cc(Cl)ccc1O[C@H](C)C(=O)N1CCC(n2nccc2NC(=O)C2CC2)CC1. The van der Waals surface area contributed by atoms with E-state index in [1.165, 1.54) is 0 Å². The molecule has 0 bridgehead atoms. The normalized spacial score (nSPS) is 18.2. The Morgan fingerprint density at radius 1 is 1.20 bits per heavy atom. The van der Waals surface area contributed by atoms with Crippen molar-refractivity contribution in [3.05, 3.63) is 41.0 Å². The van der Waals surface area contributed by atoms with Gasteiger partial charge in [0, 0.05) is 30.1 Å². The molecule has 1 saturated carbocycles. The predicted octanol–water partition coefficient (Wildman–Crippen LogP) is 3.82. The number of benzene rings is 1. The van der Waals surface area contributed by atoms with E-state index in [-0.39, 0.29) is 23.8 Å². The Balaban J connectivity index is 1.32. The molecule has 1 N–H and O–H groups in total. The lowest BCUT2D eigenvalue weighted by Crippen LogP contribution is -2.45. The number of piperidine rings is 1. The van der Waals surface area contributed by atoms with Crippen LogP contribution in [-0.2, 0) is 9.59 Å². The maximum Gasteiger partial charge on any atom is 0.263 e. The number of carbonyl (C=O) groups excluding carboxylic acids is 2. The number of anilines is 1. The second kappa shape index (κ2) is 8.68. The molecule has 2 aromatic rings. The first-order valence-electron chi connectivity index (χ1n) is 10.5. The highest BCUT2D eigenvalue weighted by Crippen LogP contribution is 2.31. The number of nitrogens with zero attached hydrogens (tertiary/aromatic N) is 3. The molecule has 2 aliphatic rings. The smallest absolute Gasteiger partial charge is 0.263 e. The van der Waals surface area contributed by atoms with Crippen LogP contribution in [0.2, 0.25) is 5.02 Å². The molecule has 30 heavy (non-hydrogen) atoms. The molecule has 2 heterocycles. The van der Waals surface area contributed by atoms with Crippen LogP contribution >= 0.6 is 11.6 Å². The number of likely N-dealkylation sites (tertiary alicyclic amines) is 1. The summed E-state index contributed by atoms with van der Waals surface area (Å²) in [6.45, 7) is 4.95. The van der Waals surface area contributed by atoms with Gasteiger partial charge >= 0.3 is 0 Å².